The fourth-order valence-corrected chi connectivity index (χ4v) is 6.00. The number of amides is 1. The maximum Gasteiger partial charge on any atom is 0.264 e. The summed E-state index contributed by atoms with van der Waals surface area (Å²) in [5, 5.41) is 4.11. The van der Waals surface area contributed by atoms with Crippen LogP contribution in [0.3, 0.4) is 0 Å². The van der Waals surface area contributed by atoms with Gasteiger partial charge in [-0.1, -0.05) is 56.1 Å². The first kappa shape index (κ1) is 26.8. The van der Waals surface area contributed by atoms with Gasteiger partial charge in [-0.25, -0.2) is 13.8 Å². The van der Waals surface area contributed by atoms with Crippen molar-refractivity contribution < 1.29 is 13.2 Å². The molecule has 1 heterocycles. The molecule has 190 valence electrons. The quantitative estimate of drug-likeness (QED) is 0.190. The number of rotatable bonds is 8. The number of hydrogen-bond donors (Lipinski definition) is 1. The molecule has 0 radical (unpaired) electrons. The predicted molar refractivity (Wildman–Crippen MR) is 154 cm³/mol. The van der Waals surface area contributed by atoms with Gasteiger partial charge in [-0.3, -0.25) is 9.10 Å². The van der Waals surface area contributed by atoms with Gasteiger partial charge in [-0.2, -0.15) is 5.10 Å². The van der Waals surface area contributed by atoms with Crippen LogP contribution in [0.5, 0.6) is 0 Å². The van der Waals surface area contributed by atoms with E-state index in [9.17, 15) is 13.2 Å². The second-order valence-corrected chi connectivity index (χ2v) is 11.9. The maximum absolute atomic E-state index is 13.4. The van der Waals surface area contributed by atoms with E-state index in [2.05, 4.69) is 47.0 Å². The summed E-state index contributed by atoms with van der Waals surface area (Å²) >= 11 is 6.83. The van der Waals surface area contributed by atoms with Gasteiger partial charge >= 0.3 is 0 Å². The van der Waals surface area contributed by atoms with E-state index < -0.39 is 22.5 Å². The van der Waals surface area contributed by atoms with Crippen molar-refractivity contribution in [2.75, 3.05) is 10.8 Å². The van der Waals surface area contributed by atoms with Crippen LogP contribution in [-0.2, 0) is 14.8 Å². The molecular weight excluding hydrogens is 620 g/mol. The monoisotopic (exact) mass is 642 g/mol. The van der Waals surface area contributed by atoms with Crippen LogP contribution in [0.4, 0.5) is 5.69 Å². The molecule has 0 aliphatic rings. The molecule has 4 aromatic rings. The first-order valence-electron chi connectivity index (χ1n) is 11.3. The molecular formula is C27H24Br2N4O3S. The van der Waals surface area contributed by atoms with E-state index >= 15 is 0 Å². The molecule has 0 saturated carbocycles. The van der Waals surface area contributed by atoms with E-state index in [1.165, 1.54) is 12.1 Å². The highest BCUT2D eigenvalue weighted by atomic mass is 79.9. The van der Waals surface area contributed by atoms with Gasteiger partial charge in [-0.15, -0.1) is 0 Å². The average molecular weight is 644 g/mol. The van der Waals surface area contributed by atoms with E-state index in [-0.39, 0.29) is 4.90 Å². The van der Waals surface area contributed by atoms with Crippen LogP contribution in [0.15, 0.2) is 104 Å². The first-order chi connectivity index (χ1) is 17.7. The molecule has 1 N–H and O–H groups in total. The zero-order valence-corrected chi connectivity index (χ0v) is 24.1. The molecule has 1 aromatic heterocycles. The lowest BCUT2D eigenvalue weighted by Gasteiger charge is -2.23. The van der Waals surface area contributed by atoms with Crippen molar-refractivity contribution in [2.45, 2.75) is 18.7 Å². The van der Waals surface area contributed by atoms with Crippen molar-refractivity contribution in [3.05, 3.63) is 111 Å². The van der Waals surface area contributed by atoms with Crippen molar-refractivity contribution in [2.24, 2.45) is 5.10 Å². The number of aryl methyl sites for hydroxylation is 1. The molecule has 0 saturated heterocycles. The number of nitrogens with zero attached hydrogens (tertiary/aromatic N) is 3. The van der Waals surface area contributed by atoms with Crippen molar-refractivity contribution in [3.63, 3.8) is 0 Å². The Morgan fingerprint density at radius 1 is 0.946 bits per heavy atom. The third-order valence-corrected chi connectivity index (χ3v) is 8.47. The Morgan fingerprint density at radius 3 is 2.32 bits per heavy atom. The summed E-state index contributed by atoms with van der Waals surface area (Å²) in [7, 11) is -3.99. The number of hydrogen-bond acceptors (Lipinski definition) is 4. The van der Waals surface area contributed by atoms with Gasteiger partial charge in [0, 0.05) is 31.6 Å². The molecule has 10 heteroatoms. The molecule has 4 rings (SSSR count). The number of nitrogens with one attached hydrogen (secondary N) is 1. The zero-order valence-electron chi connectivity index (χ0n) is 20.1. The number of halogens is 2. The zero-order chi connectivity index (χ0) is 26.6. The van der Waals surface area contributed by atoms with Gasteiger partial charge < -0.3 is 4.57 Å². The lowest BCUT2D eigenvalue weighted by atomic mass is 10.2. The van der Waals surface area contributed by atoms with Crippen LogP contribution >= 0.6 is 31.9 Å². The number of benzene rings is 3. The molecule has 0 aliphatic carbocycles. The predicted octanol–water partition coefficient (Wildman–Crippen LogP) is 5.96. The third kappa shape index (κ3) is 6.20. The minimum atomic E-state index is -3.99. The highest BCUT2D eigenvalue weighted by Crippen LogP contribution is 2.26. The molecule has 0 bridgehead atoms. The number of aromatic nitrogens is 1. The van der Waals surface area contributed by atoms with Gasteiger partial charge in [0.1, 0.15) is 6.54 Å². The Morgan fingerprint density at radius 2 is 1.65 bits per heavy atom. The Balaban J connectivity index is 1.54. The van der Waals surface area contributed by atoms with E-state index in [0.29, 0.717) is 10.2 Å². The van der Waals surface area contributed by atoms with Crippen LogP contribution in [0, 0.1) is 13.8 Å². The standard InChI is InChI=1S/C27H24Br2N4O3S/c1-19-15-21(20(2)33(19)24-13-11-22(28)12-14-24)17-30-31-27(34)18-32(25-8-6-7-23(29)16-25)37(35,36)26-9-4-3-5-10-26/h3-17H,18H2,1-2H3,(H,31,34)/b30-17+. The summed E-state index contributed by atoms with van der Waals surface area (Å²) < 4.78 is 31.7. The normalized spacial score (nSPS) is 11.6. The summed E-state index contributed by atoms with van der Waals surface area (Å²) in [4.78, 5) is 12.9. The largest absolute Gasteiger partial charge is 0.318 e. The van der Waals surface area contributed by atoms with Crippen molar-refractivity contribution in [1.29, 1.82) is 0 Å². The molecule has 1 amide bonds. The molecule has 0 atom stereocenters. The number of carbonyl (C=O) groups excluding carboxylic acids is 1. The fraction of sp³-hybridized carbons (Fsp3) is 0.111. The topological polar surface area (TPSA) is 83.8 Å². The first-order valence-corrected chi connectivity index (χ1v) is 14.3. The second kappa shape index (κ2) is 11.5. The highest BCUT2D eigenvalue weighted by Gasteiger charge is 2.27. The van der Waals surface area contributed by atoms with E-state index in [0.717, 1.165) is 31.4 Å². The maximum atomic E-state index is 13.4. The average Bonchev–Trinajstić information content (AvgIpc) is 3.16. The molecule has 37 heavy (non-hydrogen) atoms. The summed E-state index contributed by atoms with van der Waals surface area (Å²) in [5.74, 6) is -0.572. The van der Waals surface area contributed by atoms with Gasteiger partial charge in [-0.05, 0) is 74.5 Å². The lowest BCUT2D eigenvalue weighted by molar-refractivity contribution is -0.119. The van der Waals surface area contributed by atoms with Crippen molar-refractivity contribution in [1.82, 2.24) is 9.99 Å². The highest BCUT2D eigenvalue weighted by molar-refractivity contribution is 9.10. The Bertz CT molecular complexity index is 1550. The van der Waals surface area contributed by atoms with Gasteiger partial charge in [0.15, 0.2) is 0 Å². The smallest absolute Gasteiger partial charge is 0.264 e. The number of carbonyl (C=O) groups is 1. The van der Waals surface area contributed by atoms with Crippen LogP contribution < -0.4 is 9.73 Å². The Labute approximate surface area is 233 Å². The van der Waals surface area contributed by atoms with Gasteiger partial charge in [0.2, 0.25) is 0 Å². The van der Waals surface area contributed by atoms with Crippen LogP contribution in [-0.4, -0.2) is 31.7 Å². The Kier molecular flexibility index (Phi) is 8.31. The van der Waals surface area contributed by atoms with Gasteiger partial charge in [0.05, 0.1) is 16.8 Å². The van der Waals surface area contributed by atoms with Crippen LogP contribution in [0.1, 0.15) is 17.0 Å². The summed E-state index contributed by atoms with van der Waals surface area (Å²) in [5.41, 5.74) is 6.65. The molecule has 0 aliphatic heterocycles. The fourth-order valence-electron chi connectivity index (χ4n) is 3.91. The lowest BCUT2D eigenvalue weighted by Crippen LogP contribution is -2.39. The minimum Gasteiger partial charge on any atom is -0.318 e. The summed E-state index contributed by atoms with van der Waals surface area (Å²) in [6.45, 7) is 3.53. The number of hydrazone groups is 1. The molecule has 7 nitrogen and oxygen atoms in total. The van der Waals surface area contributed by atoms with Crippen molar-refractivity contribution in [3.8, 4) is 5.69 Å². The Hall–Kier alpha value is -3.21. The summed E-state index contributed by atoms with van der Waals surface area (Å²) in [6, 6.07) is 24.7. The van der Waals surface area contributed by atoms with Crippen molar-refractivity contribution >= 4 is 59.7 Å². The van der Waals surface area contributed by atoms with Crippen LogP contribution in [0.2, 0.25) is 0 Å². The van der Waals surface area contributed by atoms with E-state index in [1.54, 1.807) is 48.7 Å². The molecule has 0 fully saturated rings. The SMILES string of the molecule is Cc1cc(/C=N/NC(=O)CN(c2cccc(Br)c2)S(=O)(=O)c2ccccc2)c(C)n1-c1ccc(Br)cc1. The van der Waals surface area contributed by atoms with E-state index in [4.69, 9.17) is 0 Å². The molecule has 3 aromatic carbocycles. The van der Waals surface area contributed by atoms with Crippen LogP contribution in [0.25, 0.3) is 5.69 Å². The third-order valence-electron chi connectivity index (χ3n) is 5.66. The molecule has 0 spiro atoms. The minimum absolute atomic E-state index is 0.0895. The van der Waals surface area contributed by atoms with Gasteiger partial charge in [0.25, 0.3) is 15.9 Å². The number of sulfonamides is 1. The summed E-state index contributed by atoms with van der Waals surface area (Å²) in [6.07, 6.45) is 1.56. The number of anilines is 1. The molecule has 0 unspecified atom stereocenters. The van der Waals surface area contributed by atoms with E-state index in [1.807, 2.05) is 44.2 Å². The second-order valence-electron chi connectivity index (χ2n) is 8.24.